The zero-order valence-electron chi connectivity index (χ0n) is 10.1. The summed E-state index contributed by atoms with van der Waals surface area (Å²) in [6.07, 6.45) is 0. The lowest BCUT2D eigenvalue weighted by Gasteiger charge is -2.17. The number of rotatable bonds is 7. The van der Waals surface area contributed by atoms with Crippen LogP contribution in [0.5, 0.6) is 0 Å². The Hall–Kier alpha value is -0.650. The molecule has 0 bridgehead atoms. The first-order chi connectivity index (χ1) is 7.79. The standard InChI is InChI=1S/C11H22N2O3/c1-3-12-10-8-16-7-9(10)11(14)13-5-6-15-4-2/h9-10,12H,3-8H2,1-2H3,(H,13,14). The van der Waals surface area contributed by atoms with Crippen LogP contribution in [0.1, 0.15) is 13.8 Å². The highest BCUT2D eigenvalue weighted by molar-refractivity contribution is 5.79. The van der Waals surface area contributed by atoms with E-state index in [1.165, 1.54) is 0 Å². The zero-order valence-corrected chi connectivity index (χ0v) is 10.1. The van der Waals surface area contributed by atoms with Crippen LogP contribution in [0.3, 0.4) is 0 Å². The zero-order chi connectivity index (χ0) is 11.8. The maximum atomic E-state index is 11.8. The topological polar surface area (TPSA) is 59.6 Å². The first-order valence-electron chi connectivity index (χ1n) is 5.96. The third-order valence-corrected chi connectivity index (χ3v) is 2.63. The second-order valence-corrected chi connectivity index (χ2v) is 3.80. The Kier molecular flexibility index (Phi) is 6.37. The van der Waals surface area contributed by atoms with E-state index < -0.39 is 0 Å². The van der Waals surface area contributed by atoms with E-state index in [-0.39, 0.29) is 17.9 Å². The van der Waals surface area contributed by atoms with Crippen molar-refractivity contribution < 1.29 is 14.3 Å². The molecule has 16 heavy (non-hydrogen) atoms. The Morgan fingerprint density at radius 3 is 2.94 bits per heavy atom. The Morgan fingerprint density at radius 1 is 1.44 bits per heavy atom. The predicted octanol–water partition coefficient (Wildman–Crippen LogP) is -0.236. The van der Waals surface area contributed by atoms with Crippen molar-refractivity contribution in [3.8, 4) is 0 Å². The summed E-state index contributed by atoms with van der Waals surface area (Å²) >= 11 is 0. The van der Waals surface area contributed by atoms with Gasteiger partial charge >= 0.3 is 0 Å². The van der Waals surface area contributed by atoms with Crippen molar-refractivity contribution in [3.63, 3.8) is 0 Å². The van der Waals surface area contributed by atoms with Crippen molar-refractivity contribution in [2.75, 3.05) is 39.5 Å². The predicted molar refractivity (Wildman–Crippen MR) is 61.3 cm³/mol. The molecule has 94 valence electrons. The van der Waals surface area contributed by atoms with Crippen molar-refractivity contribution in [2.45, 2.75) is 19.9 Å². The molecular weight excluding hydrogens is 208 g/mol. The molecule has 2 unspecified atom stereocenters. The summed E-state index contributed by atoms with van der Waals surface area (Å²) in [6.45, 7) is 7.79. The van der Waals surface area contributed by atoms with Crippen LogP contribution in [0, 0.1) is 5.92 Å². The maximum Gasteiger partial charge on any atom is 0.227 e. The van der Waals surface area contributed by atoms with Crippen molar-refractivity contribution in [1.82, 2.24) is 10.6 Å². The van der Waals surface area contributed by atoms with Crippen molar-refractivity contribution in [3.05, 3.63) is 0 Å². The Balaban J connectivity index is 2.23. The van der Waals surface area contributed by atoms with E-state index in [0.717, 1.165) is 6.54 Å². The normalized spacial score (nSPS) is 24.6. The van der Waals surface area contributed by atoms with Crippen LogP contribution in [0.25, 0.3) is 0 Å². The summed E-state index contributed by atoms with van der Waals surface area (Å²) in [4.78, 5) is 11.8. The lowest BCUT2D eigenvalue weighted by molar-refractivity contribution is -0.125. The van der Waals surface area contributed by atoms with Gasteiger partial charge < -0.3 is 20.1 Å². The van der Waals surface area contributed by atoms with Crippen LogP contribution in [0.4, 0.5) is 0 Å². The molecule has 0 saturated carbocycles. The molecule has 5 heteroatoms. The molecule has 5 nitrogen and oxygen atoms in total. The van der Waals surface area contributed by atoms with Gasteiger partial charge in [0.05, 0.1) is 25.7 Å². The largest absolute Gasteiger partial charge is 0.380 e. The monoisotopic (exact) mass is 230 g/mol. The molecule has 0 spiro atoms. The van der Waals surface area contributed by atoms with Gasteiger partial charge in [0.25, 0.3) is 0 Å². The minimum Gasteiger partial charge on any atom is -0.380 e. The molecule has 1 fully saturated rings. The SMILES string of the molecule is CCNC1COCC1C(=O)NCCOCC. The number of carbonyl (C=O) groups is 1. The summed E-state index contributed by atoms with van der Waals surface area (Å²) < 4.78 is 10.5. The minimum atomic E-state index is -0.0680. The molecular formula is C11H22N2O3. The average molecular weight is 230 g/mol. The summed E-state index contributed by atoms with van der Waals surface area (Å²) in [5, 5.41) is 6.12. The van der Waals surface area contributed by atoms with E-state index in [0.29, 0.717) is 33.0 Å². The Morgan fingerprint density at radius 2 is 2.25 bits per heavy atom. The summed E-state index contributed by atoms with van der Waals surface area (Å²) in [6, 6.07) is 0.150. The van der Waals surface area contributed by atoms with Gasteiger partial charge in [0, 0.05) is 19.2 Å². The third kappa shape index (κ3) is 4.08. The van der Waals surface area contributed by atoms with Gasteiger partial charge in [-0.1, -0.05) is 6.92 Å². The number of hydrogen-bond donors (Lipinski definition) is 2. The van der Waals surface area contributed by atoms with Gasteiger partial charge in [-0.3, -0.25) is 4.79 Å². The van der Waals surface area contributed by atoms with E-state index in [1.807, 2.05) is 13.8 Å². The summed E-state index contributed by atoms with van der Waals surface area (Å²) in [5.41, 5.74) is 0. The van der Waals surface area contributed by atoms with Gasteiger partial charge in [0.15, 0.2) is 0 Å². The first-order valence-corrected chi connectivity index (χ1v) is 5.96. The molecule has 1 rings (SSSR count). The number of nitrogens with one attached hydrogen (secondary N) is 2. The molecule has 1 aliphatic heterocycles. The Bertz CT molecular complexity index is 211. The van der Waals surface area contributed by atoms with Gasteiger partial charge in [-0.15, -0.1) is 0 Å². The fourth-order valence-electron chi connectivity index (χ4n) is 1.80. The molecule has 0 aromatic rings. The molecule has 1 aliphatic rings. The highest BCUT2D eigenvalue weighted by Crippen LogP contribution is 2.13. The Labute approximate surface area is 96.9 Å². The van der Waals surface area contributed by atoms with E-state index in [2.05, 4.69) is 10.6 Å². The smallest absolute Gasteiger partial charge is 0.227 e. The van der Waals surface area contributed by atoms with Crippen LogP contribution in [-0.2, 0) is 14.3 Å². The number of amides is 1. The highest BCUT2D eigenvalue weighted by atomic mass is 16.5. The van der Waals surface area contributed by atoms with Crippen LogP contribution >= 0.6 is 0 Å². The van der Waals surface area contributed by atoms with E-state index >= 15 is 0 Å². The summed E-state index contributed by atoms with van der Waals surface area (Å²) in [5.74, 6) is -0.00951. The van der Waals surface area contributed by atoms with Crippen molar-refractivity contribution in [1.29, 1.82) is 0 Å². The van der Waals surface area contributed by atoms with Crippen molar-refractivity contribution in [2.24, 2.45) is 5.92 Å². The van der Waals surface area contributed by atoms with E-state index in [1.54, 1.807) is 0 Å². The average Bonchev–Trinajstić information content (AvgIpc) is 2.73. The summed E-state index contributed by atoms with van der Waals surface area (Å²) in [7, 11) is 0. The van der Waals surface area contributed by atoms with E-state index in [4.69, 9.17) is 9.47 Å². The van der Waals surface area contributed by atoms with Crippen LogP contribution in [0.15, 0.2) is 0 Å². The fourth-order valence-corrected chi connectivity index (χ4v) is 1.80. The number of carbonyl (C=O) groups excluding carboxylic acids is 1. The number of ether oxygens (including phenoxy) is 2. The maximum absolute atomic E-state index is 11.8. The van der Waals surface area contributed by atoms with Gasteiger partial charge in [-0.05, 0) is 13.5 Å². The second-order valence-electron chi connectivity index (χ2n) is 3.80. The highest BCUT2D eigenvalue weighted by Gasteiger charge is 2.32. The lowest BCUT2D eigenvalue weighted by Crippen LogP contribution is -2.44. The quantitative estimate of drug-likeness (QED) is 0.593. The van der Waals surface area contributed by atoms with Crippen LogP contribution < -0.4 is 10.6 Å². The van der Waals surface area contributed by atoms with Crippen molar-refractivity contribution >= 4 is 5.91 Å². The molecule has 2 atom stereocenters. The molecule has 1 amide bonds. The first kappa shape index (κ1) is 13.4. The molecule has 0 radical (unpaired) electrons. The van der Waals surface area contributed by atoms with Gasteiger partial charge in [-0.2, -0.15) is 0 Å². The van der Waals surface area contributed by atoms with E-state index in [9.17, 15) is 4.79 Å². The molecule has 0 aliphatic carbocycles. The molecule has 0 aromatic carbocycles. The van der Waals surface area contributed by atoms with Gasteiger partial charge in [0.2, 0.25) is 5.91 Å². The number of likely N-dealkylation sites (N-methyl/N-ethyl adjacent to an activating group) is 1. The third-order valence-electron chi connectivity index (χ3n) is 2.63. The van der Waals surface area contributed by atoms with Crippen LogP contribution in [0.2, 0.25) is 0 Å². The second kappa shape index (κ2) is 7.60. The number of hydrogen-bond acceptors (Lipinski definition) is 4. The molecule has 1 heterocycles. The molecule has 0 aromatic heterocycles. The molecule has 2 N–H and O–H groups in total. The van der Waals surface area contributed by atoms with Gasteiger partial charge in [0.1, 0.15) is 0 Å². The van der Waals surface area contributed by atoms with Gasteiger partial charge in [-0.25, -0.2) is 0 Å². The lowest BCUT2D eigenvalue weighted by atomic mass is 10.0. The molecule has 1 saturated heterocycles. The van der Waals surface area contributed by atoms with Crippen LogP contribution in [-0.4, -0.2) is 51.5 Å². The minimum absolute atomic E-state index is 0.0585. The fraction of sp³-hybridized carbons (Fsp3) is 0.909.